The molecule has 2 N–H and O–H groups in total. The number of benzene rings is 1. The maximum Gasteiger partial charge on any atom is 0.140 e. The van der Waals surface area contributed by atoms with Gasteiger partial charge < -0.3 is 10.3 Å². The molecule has 0 radical (unpaired) electrons. The van der Waals surface area contributed by atoms with Gasteiger partial charge in [-0.3, -0.25) is 0 Å². The number of nitrogens with two attached hydrogens (primary N) is 1. The summed E-state index contributed by atoms with van der Waals surface area (Å²) in [5.41, 5.74) is 7.77. The monoisotopic (exact) mass is 287 g/mol. The highest BCUT2D eigenvalue weighted by molar-refractivity contribution is 5.60. The van der Waals surface area contributed by atoms with E-state index in [1.54, 1.807) is 6.07 Å². The molecule has 0 unspecified atom stereocenters. The summed E-state index contributed by atoms with van der Waals surface area (Å²) in [6.45, 7) is 2.75. The van der Waals surface area contributed by atoms with E-state index in [1.165, 1.54) is 18.9 Å². The quantitative estimate of drug-likeness (QED) is 0.935. The van der Waals surface area contributed by atoms with Gasteiger partial charge in [0, 0.05) is 24.0 Å². The average Bonchev–Trinajstić information content (AvgIpc) is 2.99. The molecule has 2 aromatic rings. The number of nitrogens with zero attached hydrogens (tertiary/aromatic N) is 2. The van der Waals surface area contributed by atoms with Crippen molar-refractivity contribution in [2.24, 2.45) is 11.7 Å². The Morgan fingerprint density at radius 1 is 1.38 bits per heavy atom. The Labute approximate surface area is 125 Å². The van der Waals surface area contributed by atoms with E-state index in [2.05, 4.69) is 9.55 Å². The first-order valence-electron chi connectivity index (χ1n) is 7.68. The van der Waals surface area contributed by atoms with E-state index in [4.69, 9.17) is 5.73 Å². The lowest BCUT2D eigenvalue weighted by molar-refractivity contribution is 0.273. The fourth-order valence-corrected chi connectivity index (χ4v) is 3.38. The van der Waals surface area contributed by atoms with Crippen LogP contribution in [0.25, 0.3) is 11.4 Å². The molecule has 1 saturated carbocycles. The third-order valence-corrected chi connectivity index (χ3v) is 4.59. The molecule has 1 fully saturated rings. The summed E-state index contributed by atoms with van der Waals surface area (Å²) in [4.78, 5) is 4.48. The van der Waals surface area contributed by atoms with Gasteiger partial charge in [-0.05, 0) is 56.3 Å². The predicted octanol–water partition coefficient (Wildman–Crippen LogP) is 3.69. The van der Waals surface area contributed by atoms with Crippen molar-refractivity contribution in [2.45, 2.75) is 38.6 Å². The molecule has 0 saturated heterocycles. The van der Waals surface area contributed by atoms with Gasteiger partial charge in [-0.1, -0.05) is 12.5 Å². The van der Waals surface area contributed by atoms with Gasteiger partial charge in [0.25, 0.3) is 0 Å². The van der Waals surface area contributed by atoms with Crippen molar-refractivity contribution in [3.05, 3.63) is 42.0 Å². The van der Waals surface area contributed by atoms with Crippen LogP contribution in [0.2, 0.25) is 0 Å². The molecule has 112 valence electrons. The molecule has 0 aliphatic heterocycles. The van der Waals surface area contributed by atoms with Crippen LogP contribution in [0.3, 0.4) is 0 Å². The van der Waals surface area contributed by atoms with Crippen molar-refractivity contribution in [1.29, 1.82) is 0 Å². The minimum Gasteiger partial charge on any atom is -0.330 e. The summed E-state index contributed by atoms with van der Waals surface area (Å²) in [6, 6.07) is 5.31. The zero-order valence-corrected chi connectivity index (χ0v) is 12.4. The van der Waals surface area contributed by atoms with Gasteiger partial charge >= 0.3 is 0 Å². The lowest BCUT2D eigenvalue weighted by atomic mass is 9.85. The number of hydrogen-bond acceptors (Lipinski definition) is 2. The molecule has 0 bridgehead atoms. The highest BCUT2D eigenvalue weighted by atomic mass is 19.1. The van der Waals surface area contributed by atoms with E-state index in [-0.39, 0.29) is 5.82 Å². The van der Waals surface area contributed by atoms with Gasteiger partial charge in [0.05, 0.1) is 0 Å². The highest BCUT2D eigenvalue weighted by Crippen LogP contribution is 2.35. The molecule has 1 aliphatic rings. The number of imidazole rings is 1. The SMILES string of the molecule is Cc1ccc(F)cc1-c1nccn1[C@@H]1CCC[C@H](CN)C1. The molecule has 4 heteroatoms. The number of halogens is 1. The second-order valence-corrected chi connectivity index (χ2v) is 6.04. The Bertz CT molecular complexity index is 620. The fraction of sp³-hybridized carbons (Fsp3) is 0.471. The lowest BCUT2D eigenvalue weighted by Gasteiger charge is -2.30. The fourth-order valence-electron chi connectivity index (χ4n) is 3.38. The van der Waals surface area contributed by atoms with Crippen LogP contribution in [0, 0.1) is 18.7 Å². The van der Waals surface area contributed by atoms with Crippen molar-refractivity contribution in [3.8, 4) is 11.4 Å². The number of aromatic nitrogens is 2. The van der Waals surface area contributed by atoms with Crippen LogP contribution in [0.4, 0.5) is 4.39 Å². The molecule has 1 aromatic carbocycles. The smallest absolute Gasteiger partial charge is 0.140 e. The van der Waals surface area contributed by atoms with Gasteiger partial charge in [0.15, 0.2) is 0 Å². The first kappa shape index (κ1) is 14.3. The van der Waals surface area contributed by atoms with E-state index in [1.807, 2.05) is 25.4 Å². The van der Waals surface area contributed by atoms with Crippen molar-refractivity contribution < 1.29 is 4.39 Å². The van der Waals surface area contributed by atoms with Gasteiger partial charge in [-0.2, -0.15) is 0 Å². The summed E-state index contributed by atoms with van der Waals surface area (Å²) < 4.78 is 15.8. The summed E-state index contributed by atoms with van der Waals surface area (Å²) in [7, 11) is 0. The van der Waals surface area contributed by atoms with Gasteiger partial charge in [0.1, 0.15) is 11.6 Å². The maximum absolute atomic E-state index is 13.6. The summed E-state index contributed by atoms with van der Waals surface area (Å²) in [6.07, 6.45) is 8.49. The molecule has 1 heterocycles. The second kappa shape index (κ2) is 5.98. The van der Waals surface area contributed by atoms with Crippen LogP contribution in [0.5, 0.6) is 0 Å². The standard InChI is InChI=1S/C17H22FN3/c1-12-5-6-14(18)10-16(12)17-20-7-8-21(17)15-4-2-3-13(9-15)11-19/h5-8,10,13,15H,2-4,9,11,19H2,1H3/t13-,15+/m0/s1. The van der Waals surface area contributed by atoms with E-state index >= 15 is 0 Å². The number of aryl methyl sites for hydroxylation is 1. The molecule has 1 aromatic heterocycles. The van der Waals surface area contributed by atoms with E-state index in [0.29, 0.717) is 12.0 Å². The largest absolute Gasteiger partial charge is 0.330 e. The maximum atomic E-state index is 13.6. The van der Waals surface area contributed by atoms with Crippen LogP contribution < -0.4 is 5.73 Å². The van der Waals surface area contributed by atoms with Crippen LogP contribution in [0.15, 0.2) is 30.6 Å². The van der Waals surface area contributed by atoms with E-state index < -0.39 is 0 Å². The summed E-state index contributed by atoms with van der Waals surface area (Å²) in [5.74, 6) is 1.25. The van der Waals surface area contributed by atoms with Gasteiger partial charge in [-0.15, -0.1) is 0 Å². The minimum absolute atomic E-state index is 0.214. The van der Waals surface area contributed by atoms with E-state index in [9.17, 15) is 4.39 Å². The van der Waals surface area contributed by atoms with E-state index in [0.717, 1.165) is 36.3 Å². The Kier molecular flexibility index (Phi) is 4.06. The molecule has 1 aliphatic carbocycles. The number of rotatable bonds is 3. The van der Waals surface area contributed by atoms with Crippen molar-refractivity contribution >= 4 is 0 Å². The van der Waals surface area contributed by atoms with Crippen LogP contribution >= 0.6 is 0 Å². The summed E-state index contributed by atoms with van der Waals surface area (Å²) >= 11 is 0. The lowest BCUT2D eigenvalue weighted by Crippen LogP contribution is -2.24. The van der Waals surface area contributed by atoms with Gasteiger partial charge in [0.2, 0.25) is 0 Å². The van der Waals surface area contributed by atoms with Crippen molar-refractivity contribution in [3.63, 3.8) is 0 Å². The normalized spacial score (nSPS) is 22.4. The van der Waals surface area contributed by atoms with Crippen molar-refractivity contribution in [2.75, 3.05) is 6.54 Å². The topological polar surface area (TPSA) is 43.8 Å². The third-order valence-electron chi connectivity index (χ3n) is 4.59. The molecule has 0 amide bonds. The molecule has 21 heavy (non-hydrogen) atoms. The van der Waals surface area contributed by atoms with Crippen LogP contribution in [0.1, 0.15) is 37.3 Å². The molecule has 3 rings (SSSR count). The van der Waals surface area contributed by atoms with Gasteiger partial charge in [-0.25, -0.2) is 9.37 Å². The predicted molar refractivity (Wildman–Crippen MR) is 82.4 cm³/mol. The Morgan fingerprint density at radius 2 is 2.24 bits per heavy atom. The van der Waals surface area contributed by atoms with Crippen LogP contribution in [-0.2, 0) is 0 Å². The molecule has 0 spiro atoms. The minimum atomic E-state index is -0.214. The Morgan fingerprint density at radius 3 is 3.05 bits per heavy atom. The molecular weight excluding hydrogens is 265 g/mol. The summed E-state index contributed by atoms with van der Waals surface area (Å²) in [5, 5.41) is 0. The van der Waals surface area contributed by atoms with Crippen molar-refractivity contribution in [1.82, 2.24) is 9.55 Å². The molecule has 2 atom stereocenters. The first-order valence-corrected chi connectivity index (χ1v) is 7.68. The second-order valence-electron chi connectivity index (χ2n) is 6.04. The Hall–Kier alpha value is -1.68. The van der Waals surface area contributed by atoms with Crippen LogP contribution in [-0.4, -0.2) is 16.1 Å². The zero-order valence-electron chi connectivity index (χ0n) is 12.4. The Balaban J connectivity index is 1.95. The highest BCUT2D eigenvalue weighted by Gasteiger charge is 2.24. The molecular formula is C17H22FN3. The number of hydrogen-bond donors (Lipinski definition) is 1. The zero-order chi connectivity index (χ0) is 14.8. The molecule has 3 nitrogen and oxygen atoms in total. The average molecular weight is 287 g/mol. The first-order chi connectivity index (χ1) is 10.2. The third kappa shape index (κ3) is 2.86.